The summed E-state index contributed by atoms with van der Waals surface area (Å²) < 4.78 is 14.6. The molecule has 82 valence electrons. The summed E-state index contributed by atoms with van der Waals surface area (Å²) in [6.07, 6.45) is 0. The Hall–Kier alpha value is -2.17. The van der Waals surface area contributed by atoms with Crippen LogP contribution in [0.15, 0.2) is 30.3 Å². The molecular formula is C11H9FN2O2. The van der Waals surface area contributed by atoms with E-state index < -0.39 is 11.8 Å². The van der Waals surface area contributed by atoms with Gasteiger partial charge in [0.2, 0.25) is 0 Å². The van der Waals surface area contributed by atoms with Crippen LogP contribution in [-0.4, -0.2) is 20.9 Å². The molecule has 1 heterocycles. The highest BCUT2D eigenvalue weighted by Gasteiger charge is 2.14. The minimum atomic E-state index is -1.09. The molecule has 0 radical (unpaired) electrons. The summed E-state index contributed by atoms with van der Waals surface area (Å²) in [6, 6.07) is 7.46. The van der Waals surface area contributed by atoms with E-state index in [-0.39, 0.29) is 5.69 Å². The maximum absolute atomic E-state index is 13.4. The Morgan fingerprint density at radius 1 is 1.44 bits per heavy atom. The molecule has 1 N–H and O–H groups in total. The van der Waals surface area contributed by atoms with E-state index in [1.54, 1.807) is 18.2 Å². The number of aryl methyl sites for hydroxylation is 1. The van der Waals surface area contributed by atoms with E-state index in [9.17, 15) is 9.18 Å². The predicted molar refractivity (Wildman–Crippen MR) is 55.6 cm³/mol. The lowest BCUT2D eigenvalue weighted by molar-refractivity contribution is 0.0685. The molecule has 0 spiro atoms. The van der Waals surface area contributed by atoms with Crippen molar-refractivity contribution in [1.82, 2.24) is 9.78 Å². The van der Waals surface area contributed by atoms with E-state index in [1.165, 1.54) is 23.9 Å². The Kier molecular flexibility index (Phi) is 2.44. The molecule has 1 aromatic heterocycles. The van der Waals surface area contributed by atoms with Crippen molar-refractivity contribution in [2.45, 2.75) is 0 Å². The Morgan fingerprint density at radius 3 is 2.69 bits per heavy atom. The summed E-state index contributed by atoms with van der Waals surface area (Å²) in [5.41, 5.74) is 0.641. The highest BCUT2D eigenvalue weighted by Crippen LogP contribution is 2.21. The molecule has 0 aliphatic carbocycles. The van der Waals surface area contributed by atoms with Crippen LogP contribution < -0.4 is 0 Å². The molecule has 2 rings (SSSR count). The van der Waals surface area contributed by atoms with E-state index in [0.29, 0.717) is 11.3 Å². The summed E-state index contributed by atoms with van der Waals surface area (Å²) in [6.45, 7) is 0. The topological polar surface area (TPSA) is 55.1 Å². The first-order chi connectivity index (χ1) is 7.59. The van der Waals surface area contributed by atoms with E-state index in [1.807, 2.05) is 0 Å². The number of carboxylic acids is 1. The second-order valence-corrected chi connectivity index (χ2v) is 3.32. The van der Waals surface area contributed by atoms with E-state index in [2.05, 4.69) is 5.10 Å². The molecule has 0 saturated carbocycles. The van der Waals surface area contributed by atoms with Crippen molar-refractivity contribution >= 4 is 5.97 Å². The quantitative estimate of drug-likeness (QED) is 0.841. The fraction of sp³-hybridized carbons (Fsp3) is 0.0909. The zero-order valence-electron chi connectivity index (χ0n) is 8.51. The number of aromatic nitrogens is 2. The van der Waals surface area contributed by atoms with Crippen molar-refractivity contribution in [3.8, 4) is 11.3 Å². The van der Waals surface area contributed by atoms with Crippen molar-refractivity contribution in [2.24, 2.45) is 7.05 Å². The van der Waals surface area contributed by atoms with Crippen LogP contribution in [0.2, 0.25) is 0 Å². The van der Waals surface area contributed by atoms with Crippen LogP contribution in [0.3, 0.4) is 0 Å². The number of hydrogen-bond donors (Lipinski definition) is 1. The largest absolute Gasteiger partial charge is 0.477 e. The van der Waals surface area contributed by atoms with Crippen molar-refractivity contribution in [3.63, 3.8) is 0 Å². The number of benzene rings is 1. The van der Waals surface area contributed by atoms with Crippen molar-refractivity contribution in [2.75, 3.05) is 0 Å². The van der Waals surface area contributed by atoms with Gasteiger partial charge in [-0.15, -0.1) is 0 Å². The van der Waals surface area contributed by atoms with Crippen molar-refractivity contribution in [3.05, 3.63) is 41.8 Å². The molecule has 0 fully saturated rings. The third-order valence-corrected chi connectivity index (χ3v) is 2.25. The number of halogens is 1. The van der Waals surface area contributed by atoms with Crippen molar-refractivity contribution in [1.29, 1.82) is 0 Å². The standard InChI is InChI=1S/C11H9FN2O2/c1-14-10(11(15)16)6-9(13-14)7-4-2-3-5-8(7)12/h2-6H,1H3,(H,15,16). The van der Waals surface area contributed by atoms with E-state index >= 15 is 0 Å². The molecule has 0 aliphatic heterocycles. The first-order valence-electron chi connectivity index (χ1n) is 4.62. The Morgan fingerprint density at radius 2 is 2.12 bits per heavy atom. The molecule has 0 unspecified atom stereocenters. The Labute approximate surface area is 90.9 Å². The maximum atomic E-state index is 13.4. The molecule has 0 bridgehead atoms. The van der Waals surface area contributed by atoms with E-state index in [4.69, 9.17) is 5.11 Å². The number of carboxylic acid groups (broad SMARTS) is 1. The molecule has 0 atom stereocenters. The summed E-state index contributed by atoms with van der Waals surface area (Å²) in [5, 5.41) is 12.8. The van der Waals surface area contributed by atoms with Gasteiger partial charge in [0, 0.05) is 12.6 Å². The van der Waals surface area contributed by atoms with Crippen LogP contribution in [0.25, 0.3) is 11.3 Å². The zero-order valence-corrected chi connectivity index (χ0v) is 8.51. The summed E-state index contributed by atoms with van der Waals surface area (Å²) in [5.74, 6) is -1.50. The fourth-order valence-corrected chi connectivity index (χ4v) is 1.47. The highest BCUT2D eigenvalue weighted by atomic mass is 19.1. The number of carbonyl (C=O) groups is 1. The summed E-state index contributed by atoms with van der Waals surface area (Å²) in [7, 11) is 1.51. The zero-order chi connectivity index (χ0) is 11.7. The average Bonchev–Trinajstić information content (AvgIpc) is 2.61. The monoisotopic (exact) mass is 220 g/mol. The van der Waals surface area contributed by atoms with Crippen LogP contribution in [0, 0.1) is 5.82 Å². The second kappa shape index (κ2) is 3.77. The van der Waals surface area contributed by atoms with E-state index in [0.717, 1.165) is 0 Å². The number of aromatic carboxylic acids is 1. The maximum Gasteiger partial charge on any atom is 0.354 e. The van der Waals surface area contributed by atoms with Gasteiger partial charge >= 0.3 is 5.97 Å². The van der Waals surface area contributed by atoms with Crippen LogP contribution in [0.5, 0.6) is 0 Å². The Balaban J connectivity index is 2.54. The molecule has 5 heteroatoms. The molecule has 16 heavy (non-hydrogen) atoms. The molecule has 0 amide bonds. The summed E-state index contributed by atoms with van der Waals surface area (Å²) in [4.78, 5) is 10.8. The predicted octanol–water partition coefficient (Wildman–Crippen LogP) is 1.92. The van der Waals surface area contributed by atoms with Gasteiger partial charge in [0.1, 0.15) is 11.5 Å². The SMILES string of the molecule is Cn1nc(-c2ccccc2F)cc1C(=O)O. The van der Waals surface area contributed by atoms with Gasteiger partial charge in [-0.05, 0) is 18.2 Å². The third-order valence-electron chi connectivity index (χ3n) is 2.25. The molecule has 4 nitrogen and oxygen atoms in total. The van der Waals surface area contributed by atoms with Gasteiger partial charge in [-0.2, -0.15) is 5.10 Å². The fourth-order valence-electron chi connectivity index (χ4n) is 1.47. The number of nitrogens with zero attached hydrogens (tertiary/aromatic N) is 2. The third kappa shape index (κ3) is 1.67. The second-order valence-electron chi connectivity index (χ2n) is 3.32. The molecule has 1 aromatic carbocycles. The first-order valence-corrected chi connectivity index (χ1v) is 4.62. The van der Waals surface area contributed by atoms with Gasteiger partial charge in [0.15, 0.2) is 0 Å². The first kappa shape index (κ1) is 10.4. The van der Waals surface area contributed by atoms with Gasteiger partial charge in [-0.1, -0.05) is 12.1 Å². The van der Waals surface area contributed by atoms with Crippen LogP contribution >= 0.6 is 0 Å². The molecule has 0 saturated heterocycles. The van der Waals surface area contributed by atoms with Crippen LogP contribution in [0.4, 0.5) is 4.39 Å². The lowest BCUT2D eigenvalue weighted by Gasteiger charge is -1.96. The van der Waals surface area contributed by atoms with Gasteiger partial charge in [-0.3, -0.25) is 4.68 Å². The van der Waals surface area contributed by atoms with Crippen molar-refractivity contribution < 1.29 is 14.3 Å². The molecule has 2 aromatic rings. The lowest BCUT2D eigenvalue weighted by Crippen LogP contribution is -2.04. The van der Waals surface area contributed by atoms with Gasteiger partial charge < -0.3 is 5.11 Å². The summed E-state index contributed by atoms with van der Waals surface area (Å²) >= 11 is 0. The minimum Gasteiger partial charge on any atom is -0.477 e. The Bertz CT molecular complexity index is 549. The highest BCUT2D eigenvalue weighted by molar-refractivity contribution is 5.87. The minimum absolute atomic E-state index is 0.0262. The van der Waals surface area contributed by atoms with Crippen LogP contribution in [-0.2, 0) is 7.05 Å². The van der Waals surface area contributed by atoms with Crippen LogP contribution in [0.1, 0.15) is 10.5 Å². The molecular weight excluding hydrogens is 211 g/mol. The molecule has 0 aliphatic rings. The number of rotatable bonds is 2. The van der Waals surface area contributed by atoms with Gasteiger partial charge in [0.25, 0.3) is 0 Å². The van der Waals surface area contributed by atoms with Gasteiger partial charge in [0.05, 0.1) is 5.69 Å². The average molecular weight is 220 g/mol. The van der Waals surface area contributed by atoms with Gasteiger partial charge in [-0.25, -0.2) is 9.18 Å². The number of hydrogen-bond acceptors (Lipinski definition) is 2. The smallest absolute Gasteiger partial charge is 0.354 e. The lowest BCUT2D eigenvalue weighted by atomic mass is 10.1. The normalized spacial score (nSPS) is 10.4.